The number of nitrogens with zero attached hydrogens (tertiary/aromatic N) is 1. The van der Waals surface area contributed by atoms with Gasteiger partial charge in [-0.1, -0.05) is 0 Å². The number of nitrogens with one attached hydrogen (secondary N) is 1. The molecule has 3 aromatic rings. The molecule has 0 saturated carbocycles. The number of fused-ring (bicyclic) bond motifs is 4. The number of rotatable bonds is 1. The largest absolute Gasteiger partial charge is 0.508 e. The normalized spacial score (nSPS) is 35.9. The van der Waals surface area contributed by atoms with Crippen molar-refractivity contribution in [3.05, 3.63) is 53.6 Å². The molecule has 0 spiro atoms. The summed E-state index contributed by atoms with van der Waals surface area (Å²) in [6.07, 6.45) is 4.37. The number of aliphatic hydroxyl groups excluding tert-OH is 1. The maximum atomic E-state index is 10.5. The number of hydroxylamine groups is 2. The highest BCUT2D eigenvalue weighted by molar-refractivity contribution is 5.86. The van der Waals surface area contributed by atoms with Gasteiger partial charge < -0.3 is 19.6 Å². The van der Waals surface area contributed by atoms with Crippen LogP contribution in [0.1, 0.15) is 35.2 Å². The van der Waals surface area contributed by atoms with E-state index in [0.717, 1.165) is 29.3 Å². The van der Waals surface area contributed by atoms with Crippen LogP contribution in [0.3, 0.4) is 0 Å². The van der Waals surface area contributed by atoms with Crippen molar-refractivity contribution in [3.63, 3.8) is 0 Å². The van der Waals surface area contributed by atoms with Crippen molar-refractivity contribution >= 4 is 10.9 Å². The number of phenols is 1. The van der Waals surface area contributed by atoms with Crippen LogP contribution >= 0.6 is 0 Å². The fourth-order valence-electron chi connectivity index (χ4n) is 5.24. The van der Waals surface area contributed by atoms with Gasteiger partial charge in [-0.3, -0.25) is 4.84 Å². The molecule has 6 nitrogen and oxygen atoms in total. The molecule has 0 aliphatic carbocycles. The molecule has 5 heterocycles. The van der Waals surface area contributed by atoms with Crippen LogP contribution in [-0.2, 0) is 11.3 Å². The van der Waals surface area contributed by atoms with Crippen molar-refractivity contribution in [2.75, 3.05) is 0 Å². The standard InChI is InChI=1S/C19H18N2O4/c22-10-1-2-11-13(5-10)20-14-7-16-18-12(9-3-4-24-8-9)6-15(17(11)14)21(16)25-19(18)23/h1-5,8,12,15-16,18-20,22-23H,6-7H2. The number of aromatic amines is 1. The third kappa shape index (κ3) is 1.74. The zero-order valence-electron chi connectivity index (χ0n) is 13.4. The number of aliphatic hydroxyl groups is 1. The maximum Gasteiger partial charge on any atom is 0.179 e. The first kappa shape index (κ1) is 13.9. The van der Waals surface area contributed by atoms with Crippen molar-refractivity contribution in [1.82, 2.24) is 10.0 Å². The van der Waals surface area contributed by atoms with Gasteiger partial charge >= 0.3 is 0 Å². The summed E-state index contributed by atoms with van der Waals surface area (Å²) in [4.78, 5) is 9.35. The van der Waals surface area contributed by atoms with Gasteiger partial charge in [0.05, 0.1) is 18.6 Å². The van der Waals surface area contributed by atoms with Crippen LogP contribution < -0.4 is 0 Å². The van der Waals surface area contributed by atoms with Crippen LogP contribution in [-0.4, -0.2) is 32.6 Å². The lowest BCUT2D eigenvalue weighted by atomic mass is 9.70. The molecular weight excluding hydrogens is 320 g/mol. The van der Waals surface area contributed by atoms with E-state index < -0.39 is 6.29 Å². The van der Waals surface area contributed by atoms with E-state index in [9.17, 15) is 10.2 Å². The SMILES string of the molecule is Oc1ccc2c3c([nH]c2c1)CC1C2C(O)ON1C3CC2c1ccoc1. The number of piperidine rings is 1. The first-order valence-corrected chi connectivity index (χ1v) is 8.69. The first-order chi connectivity index (χ1) is 12.2. The van der Waals surface area contributed by atoms with Crippen molar-refractivity contribution in [2.45, 2.75) is 37.1 Å². The molecule has 6 rings (SSSR count). The minimum Gasteiger partial charge on any atom is -0.508 e. The number of furan rings is 1. The van der Waals surface area contributed by atoms with Crippen molar-refractivity contribution in [2.24, 2.45) is 5.92 Å². The van der Waals surface area contributed by atoms with Crippen LogP contribution in [0.25, 0.3) is 10.9 Å². The third-order valence-corrected chi connectivity index (χ3v) is 6.20. The van der Waals surface area contributed by atoms with Gasteiger partial charge in [-0.2, -0.15) is 5.06 Å². The van der Waals surface area contributed by atoms with E-state index in [4.69, 9.17) is 9.25 Å². The highest BCUT2D eigenvalue weighted by atomic mass is 16.8. The summed E-state index contributed by atoms with van der Waals surface area (Å²) in [5.74, 6) is 0.498. The molecule has 3 N–H and O–H groups in total. The molecule has 4 bridgehead atoms. The fraction of sp³-hybridized carbons (Fsp3) is 0.368. The van der Waals surface area contributed by atoms with E-state index in [0.29, 0.717) is 0 Å². The van der Waals surface area contributed by atoms with Crippen LogP contribution in [0, 0.1) is 5.92 Å². The first-order valence-electron chi connectivity index (χ1n) is 8.69. The molecule has 6 heteroatoms. The van der Waals surface area contributed by atoms with Gasteiger partial charge in [0.1, 0.15) is 5.75 Å². The van der Waals surface area contributed by atoms with Crippen molar-refractivity contribution in [1.29, 1.82) is 0 Å². The predicted molar refractivity (Wildman–Crippen MR) is 88.7 cm³/mol. The van der Waals surface area contributed by atoms with Crippen LogP contribution in [0.4, 0.5) is 0 Å². The summed E-state index contributed by atoms with van der Waals surface area (Å²) >= 11 is 0. The fourth-order valence-corrected chi connectivity index (χ4v) is 5.24. The Morgan fingerprint density at radius 1 is 1.24 bits per heavy atom. The lowest BCUT2D eigenvalue weighted by Crippen LogP contribution is -2.47. The Morgan fingerprint density at radius 2 is 2.16 bits per heavy atom. The van der Waals surface area contributed by atoms with E-state index in [1.54, 1.807) is 24.7 Å². The van der Waals surface area contributed by atoms with Crippen molar-refractivity contribution < 1.29 is 19.5 Å². The molecular formula is C19H18N2O4. The van der Waals surface area contributed by atoms with E-state index in [1.165, 1.54) is 11.3 Å². The highest BCUT2D eigenvalue weighted by Crippen LogP contribution is 2.56. The van der Waals surface area contributed by atoms with Gasteiger partial charge in [0.2, 0.25) is 0 Å². The summed E-state index contributed by atoms with van der Waals surface area (Å²) in [6.45, 7) is 0. The summed E-state index contributed by atoms with van der Waals surface area (Å²) < 4.78 is 5.30. The molecule has 0 radical (unpaired) electrons. The average Bonchev–Trinajstić information content (AvgIpc) is 3.26. The van der Waals surface area contributed by atoms with Crippen LogP contribution in [0.2, 0.25) is 0 Å². The molecule has 6 unspecified atom stereocenters. The summed E-state index contributed by atoms with van der Waals surface area (Å²) in [7, 11) is 0. The zero-order chi connectivity index (χ0) is 16.7. The van der Waals surface area contributed by atoms with E-state index in [2.05, 4.69) is 4.98 Å². The predicted octanol–water partition coefficient (Wildman–Crippen LogP) is 2.80. The minimum absolute atomic E-state index is 0.0295. The van der Waals surface area contributed by atoms with Gasteiger partial charge in [0, 0.05) is 46.6 Å². The maximum absolute atomic E-state index is 10.5. The number of hydrogen-bond donors (Lipinski definition) is 3. The molecule has 6 atom stereocenters. The lowest BCUT2D eigenvalue weighted by Gasteiger charge is -2.44. The molecule has 3 aliphatic rings. The van der Waals surface area contributed by atoms with Gasteiger partial charge in [-0.25, -0.2) is 0 Å². The number of aromatic nitrogens is 1. The Hall–Kier alpha value is -2.28. The second-order valence-electron chi connectivity index (χ2n) is 7.37. The molecule has 2 aromatic heterocycles. The quantitative estimate of drug-likeness (QED) is 0.636. The summed E-state index contributed by atoms with van der Waals surface area (Å²) in [6, 6.07) is 7.68. The second kappa shape index (κ2) is 4.66. The molecule has 2 fully saturated rings. The Morgan fingerprint density at radius 3 is 3.00 bits per heavy atom. The monoisotopic (exact) mass is 338 g/mol. The Bertz CT molecular complexity index is 963. The van der Waals surface area contributed by atoms with Gasteiger partial charge in [-0.15, -0.1) is 0 Å². The van der Waals surface area contributed by atoms with E-state index in [-0.39, 0.29) is 29.7 Å². The Labute approximate surface area is 143 Å². The molecule has 128 valence electrons. The highest BCUT2D eigenvalue weighted by Gasteiger charge is 2.57. The molecule has 2 saturated heterocycles. The third-order valence-electron chi connectivity index (χ3n) is 6.20. The number of benzene rings is 1. The number of H-pyrrole nitrogens is 1. The Kier molecular flexibility index (Phi) is 2.60. The summed E-state index contributed by atoms with van der Waals surface area (Å²) in [5, 5.41) is 23.5. The topological polar surface area (TPSA) is 81.9 Å². The lowest BCUT2D eigenvalue weighted by molar-refractivity contribution is -0.242. The second-order valence-corrected chi connectivity index (χ2v) is 7.37. The number of phenolic OH excluding ortho intramolecular Hbond substituents is 1. The number of aromatic hydroxyl groups is 1. The van der Waals surface area contributed by atoms with Crippen molar-refractivity contribution in [3.8, 4) is 5.75 Å². The molecule has 0 amide bonds. The molecule has 1 aromatic carbocycles. The zero-order valence-corrected chi connectivity index (χ0v) is 13.4. The number of hydrogen-bond acceptors (Lipinski definition) is 5. The average molecular weight is 338 g/mol. The van der Waals surface area contributed by atoms with Crippen LogP contribution in [0.5, 0.6) is 5.75 Å². The van der Waals surface area contributed by atoms with E-state index >= 15 is 0 Å². The Balaban J connectivity index is 1.54. The smallest absolute Gasteiger partial charge is 0.179 e. The van der Waals surface area contributed by atoms with Gasteiger partial charge in [0.15, 0.2) is 6.29 Å². The van der Waals surface area contributed by atoms with Crippen LogP contribution in [0.15, 0.2) is 41.2 Å². The summed E-state index contributed by atoms with van der Waals surface area (Å²) in [5.41, 5.74) is 4.51. The van der Waals surface area contributed by atoms with Gasteiger partial charge in [-0.05, 0) is 36.1 Å². The minimum atomic E-state index is -0.783. The van der Waals surface area contributed by atoms with Gasteiger partial charge in [0.25, 0.3) is 0 Å². The molecule has 25 heavy (non-hydrogen) atoms. The molecule has 3 aliphatic heterocycles. The van der Waals surface area contributed by atoms with E-state index in [1.807, 2.05) is 17.2 Å².